The number of hydrogen-bond acceptors (Lipinski definition) is 2. The average molecular weight is 549 g/mol. The summed E-state index contributed by atoms with van der Waals surface area (Å²) < 4.78 is 1.72. The van der Waals surface area contributed by atoms with Crippen LogP contribution in [0.4, 0.5) is 0 Å². The SMILES string of the molecule is Clc1cc(Br)cc(CNC2CC2)c1Cl.O=Cc1cc(Br)cc(Cl)c1Cl. The van der Waals surface area contributed by atoms with Gasteiger partial charge in [0, 0.05) is 27.1 Å². The van der Waals surface area contributed by atoms with E-state index in [1.807, 2.05) is 12.1 Å². The molecule has 3 rings (SSSR count). The number of carbonyl (C=O) groups is 1. The standard InChI is InChI=1S/C10H10BrCl2N.C7H3BrCl2O/c11-7-3-6(5-14-8-1-2-8)10(13)9(12)4-7;8-5-1-4(3-11)7(10)6(9)2-5/h3-4,8,14H,1-2,5H2;1-3H. The van der Waals surface area contributed by atoms with E-state index in [0.29, 0.717) is 38.0 Å². The lowest BCUT2D eigenvalue weighted by molar-refractivity contribution is 0.112. The molecular formula is C17H13Br2Cl4NO. The Hall–Kier alpha value is 0.190. The van der Waals surface area contributed by atoms with Crippen LogP contribution >= 0.6 is 78.3 Å². The maximum atomic E-state index is 10.4. The Bertz CT molecular complexity index is 782. The van der Waals surface area contributed by atoms with Gasteiger partial charge in [-0.05, 0) is 42.7 Å². The first kappa shape index (κ1) is 21.5. The Morgan fingerprint density at radius 1 is 0.960 bits per heavy atom. The van der Waals surface area contributed by atoms with E-state index < -0.39 is 0 Å². The normalized spacial score (nSPS) is 13.2. The number of halogens is 6. The maximum absolute atomic E-state index is 10.4. The quantitative estimate of drug-likeness (QED) is 0.315. The second-order valence-electron chi connectivity index (χ2n) is 5.42. The van der Waals surface area contributed by atoms with Gasteiger partial charge in [0.15, 0.2) is 6.29 Å². The van der Waals surface area contributed by atoms with E-state index in [9.17, 15) is 4.79 Å². The molecule has 0 unspecified atom stereocenters. The van der Waals surface area contributed by atoms with Crippen molar-refractivity contribution in [1.29, 1.82) is 0 Å². The first-order valence-electron chi connectivity index (χ1n) is 7.28. The molecule has 1 aliphatic rings. The van der Waals surface area contributed by atoms with Gasteiger partial charge in [0.05, 0.1) is 20.1 Å². The van der Waals surface area contributed by atoms with Gasteiger partial charge in [-0.1, -0.05) is 78.3 Å². The van der Waals surface area contributed by atoms with Crippen molar-refractivity contribution < 1.29 is 4.79 Å². The maximum Gasteiger partial charge on any atom is 0.151 e. The van der Waals surface area contributed by atoms with Crippen LogP contribution in [0.2, 0.25) is 20.1 Å². The molecule has 1 N–H and O–H groups in total. The van der Waals surface area contributed by atoms with Gasteiger partial charge in [-0.25, -0.2) is 0 Å². The molecule has 2 nitrogen and oxygen atoms in total. The highest BCUT2D eigenvalue weighted by atomic mass is 79.9. The molecule has 0 saturated heterocycles. The molecule has 0 radical (unpaired) electrons. The van der Waals surface area contributed by atoms with Crippen LogP contribution in [0.25, 0.3) is 0 Å². The lowest BCUT2D eigenvalue weighted by Crippen LogP contribution is -2.15. The molecule has 0 spiro atoms. The largest absolute Gasteiger partial charge is 0.310 e. The van der Waals surface area contributed by atoms with Crippen molar-refractivity contribution in [3.8, 4) is 0 Å². The molecule has 0 aromatic heterocycles. The van der Waals surface area contributed by atoms with E-state index in [0.717, 1.165) is 21.1 Å². The van der Waals surface area contributed by atoms with E-state index in [1.54, 1.807) is 12.1 Å². The van der Waals surface area contributed by atoms with Crippen molar-refractivity contribution in [2.45, 2.75) is 25.4 Å². The number of carbonyl (C=O) groups excluding carboxylic acids is 1. The fourth-order valence-electron chi connectivity index (χ4n) is 1.94. The zero-order valence-corrected chi connectivity index (χ0v) is 19.0. The Labute approximate surface area is 183 Å². The van der Waals surface area contributed by atoms with Crippen LogP contribution in [0.5, 0.6) is 0 Å². The molecule has 0 aliphatic heterocycles. The van der Waals surface area contributed by atoms with E-state index in [4.69, 9.17) is 46.4 Å². The number of nitrogens with one attached hydrogen (secondary N) is 1. The van der Waals surface area contributed by atoms with Gasteiger partial charge in [0.2, 0.25) is 0 Å². The molecule has 8 heteroatoms. The van der Waals surface area contributed by atoms with Gasteiger partial charge in [-0.3, -0.25) is 4.79 Å². The Kier molecular flexibility index (Phi) is 8.54. The summed E-state index contributed by atoms with van der Waals surface area (Å²) in [6.45, 7) is 0.794. The summed E-state index contributed by atoms with van der Waals surface area (Å²) in [7, 11) is 0. The van der Waals surface area contributed by atoms with Crippen LogP contribution in [-0.2, 0) is 6.54 Å². The van der Waals surface area contributed by atoms with Crippen LogP contribution in [0.15, 0.2) is 33.2 Å². The predicted molar refractivity (Wildman–Crippen MR) is 114 cm³/mol. The molecule has 1 aliphatic carbocycles. The first-order chi connectivity index (χ1) is 11.8. The van der Waals surface area contributed by atoms with Crippen molar-refractivity contribution >= 4 is 84.5 Å². The van der Waals surface area contributed by atoms with Crippen LogP contribution in [0.3, 0.4) is 0 Å². The molecule has 0 heterocycles. The minimum absolute atomic E-state index is 0.296. The number of rotatable bonds is 4. The molecule has 1 saturated carbocycles. The van der Waals surface area contributed by atoms with Crippen LogP contribution in [0, 0.1) is 0 Å². The van der Waals surface area contributed by atoms with Gasteiger partial charge in [0.25, 0.3) is 0 Å². The van der Waals surface area contributed by atoms with Gasteiger partial charge < -0.3 is 5.32 Å². The van der Waals surface area contributed by atoms with Crippen molar-refractivity contribution in [2.75, 3.05) is 0 Å². The van der Waals surface area contributed by atoms with Gasteiger partial charge >= 0.3 is 0 Å². The fraction of sp³-hybridized carbons (Fsp3) is 0.235. The molecule has 0 amide bonds. The summed E-state index contributed by atoms with van der Waals surface area (Å²) in [4.78, 5) is 10.4. The van der Waals surface area contributed by atoms with E-state index >= 15 is 0 Å². The van der Waals surface area contributed by atoms with E-state index in [1.165, 1.54) is 12.8 Å². The molecule has 1 fully saturated rings. The van der Waals surface area contributed by atoms with Crippen LogP contribution < -0.4 is 5.32 Å². The summed E-state index contributed by atoms with van der Waals surface area (Å²) in [5, 5.41) is 5.34. The molecule has 25 heavy (non-hydrogen) atoms. The zero-order chi connectivity index (χ0) is 18.6. The molecule has 2 aromatic rings. The summed E-state index contributed by atoms with van der Waals surface area (Å²) in [5.74, 6) is 0. The Balaban J connectivity index is 0.000000186. The number of aldehydes is 1. The van der Waals surface area contributed by atoms with Crippen LogP contribution in [-0.4, -0.2) is 12.3 Å². The molecule has 134 valence electrons. The van der Waals surface area contributed by atoms with Gasteiger partial charge in [-0.2, -0.15) is 0 Å². The van der Waals surface area contributed by atoms with Gasteiger partial charge in [-0.15, -0.1) is 0 Å². The molecule has 2 aromatic carbocycles. The predicted octanol–water partition coefficient (Wildman–Crippen LogP) is 7.58. The lowest BCUT2D eigenvalue weighted by atomic mass is 10.2. The fourth-order valence-corrected chi connectivity index (χ4v) is 3.98. The van der Waals surface area contributed by atoms with Gasteiger partial charge in [0.1, 0.15) is 0 Å². The van der Waals surface area contributed by atoms with Crippen LogP contribution in [0.1, 0.15) is 28.8 Å². The Morgan fingerprint density at radius 2 is 1.52 bits per heavy atom. The smallest absolute Gasteiger partial charge is 0.151 e. The third-order valence-corrected chi connectivity index (χ3v) is 5.95. The van der Waals surface area contributed by atoms with Crippen molar-refractivity contribution in [2.24, 2.45) is 0 Å². The first-order valence-corrected chi connectivity index (χ1v) is 10.4. The Morgan fingerprint density at radius 3 is 2.08 bits per heavy atom. The zero-order valence-electron chi connectivity index (χ0n) is 12.8. The summed E-state index contributed by atoms with van der Waals surface area (Å²) >= 11 is 30.0. The van der Waals surface area contributed by atoms with Crippen molar-refractivity contribution in [3.63, 3.8) is 0 Å². The third-order valence-electron chi connectivity index (χ3n) is 3.37. The highest BCUT2D eigenvalue weighted by Crippen LogP contribution is 2.31. The highest BCUT2D eigenvalue weighted by Gasteiger charge is 2.20. The number of benzene rings is 2. The molecule has 0 bridgehead atoms. The minimum Gasteiger partial charge on any atom is -0.310 e. The minimum atomic E-state index is 0.296. The van der Waals surface area contributed by atoms with Crippen molar-refractivity contribution in [3.05, 3.63) is 64.4 Å². The lowest BCUT2D eigenvalue weighted by Gasteiger charge is -2.07. The topological polar surface area (TPSA) is 29.1 Å². The molecule has 0 atom stereocenters. The molecular weight excluding hydrogens is 536 g/mol. The third kappa shape index (κ3) is 6.69. The summed E-state index contributed by atoms with van der Waals surface area (Å²) in [5.41, 5.74) is 1.45. The monoisotopic (exact) mass is 545 g/mol. The average Bonchev–Trinajstić information content (AvgIpc) is 3.38. The summed E-state index contributed by atoms with van der Waals surface area (Å²) in [6, 6.07) is 7.75. The second-order valence-corrected chi connectivity index (χ2v) is 8.83. The highest BCUT2D eigenvalue weighted by molar-refractivity contribution is 9.10. The van der Waals surface area contributed by atoms with Crippen molar-refractivity contribution in [1.82, 2.24) is 5.32 Å². The number of hydrogen-bond donors (Lipinski definition) is 1. The second kappa shape index (κ2) is 9.93. The van der Waals surface area contributed by atoms with E-state index in [2.05, 4.69) is 37.2 Å². The summed E-state index contributed by atoms with van der Waals surface area (Å²) in [6.07, 6.45) is 3.22. The van der Waals surface area contributed by atoms with E-state index in [-0.39, 0.29) is 0 Å².